The molecular formula is C21H30N2O2. The Morgan fingerprint density at radius 2 is 1.96 bits per heavy atom. The van der Waals surface area contributed by atoms with Crippen molar-refractivity contribution >= 4 is 5.78 Å². The van der Waals surface area contributed by atoms with Gasteiger partial charge in [-0.3, -0.25) is 4.79 Å². The molecule has 0 radical (unpaired) electrons. The molecule has 2 aromatic rings. The molecule has 4 heteroatoms. The number of ketones is 1. The first-order valence-electron chi connectivity index (χ1n) is 9.02. The van der Waals surface area contributed by atoms with E-state index in [9.17, 15) is 4.79 Å². The first-order chi connectivity index (χ1) is 11.9. The number of hydrogen-bond acceptors (Lipinski definition) is 3. The molecular weight excluding hydrogens is 312 g/mol. The topological polar surface area (TPSA) is 68.2 Å². The molecule has 1 heterocycles. The number of benzene rings is 1. The van der Waals surface area contributed by atoms with E-state index in [-0.39, 0.29) is 18.4 Å². The molecule has 3 N–H and O–H groups in total. The van der Waals surface area contributed by atoms with Crippen LogP contribution in [0.4, 0.5) is 0 Å². The van der Waals surface area contributed by atoms with Crippen molar-refractivity contribution in [2.45, 2.75) is 52.0 Å². The molecule has 0 saturated heterocycles. The van der Waals surface area contributed by atoms with Crippen molar-refractivity contribution in [3.05, 3.63) is 58.4 Å². The molecule has 0 aliphatic heterocycles. The number of aryl methyl sites for hydroxylation is 4. The van der Waals surface area contributed by atoms with Crippen LogP contribution in [0.3, 0.4) is 0 Å². The molecule has 0 spiro atoms. The Morgan fingerprint density at radius 3 is 2.68 bits per heavy atom. The standard InChI is InChI=1S/C21H30N2O2/c1-15-7-8-16(2)17(13-15)5-4-6-21(25)20-12-11-19(23(20)3)10-9-18(22)14-24/h7-8,11-13,18,24H,4-6,9-10,14,22H2,1-3H3. The third-order valence-corrected chi connectivity index (χ3v) is 4.87. The molecule has 0 saturated carbocycles. The summed E-state index contributed by atoms with van der Waals surface area (Å²) in [7, 11) is 1.93. The Bertz CT molecular complexity index is 719. The highest BCUT2D eigenvalue weighted by Crippen LogP contribution is 2.16. The first-order valence-corrected chi connectivity index (χ1v) is 9.02. The van der Waals surface area contributed by atoms with Crippen LogP contribution < -0.4 is 5.73 Å². The van der Waals surface area contributed by atoms with Crippen LogP contribution >= 0.6 is 0 Å². The summed E-state index contributed by atoms with van der Waals surface area (Å²) < 4.78 is 1.96. The predicted octanol–water partition coefficient (Wildman–Crippen LogP) is 3.10. The van der Waals surface area contributed by atoms with Gasteiger partial charge in [0.05, 0.1) is 12.3 Å². The van der Waals surface area contributed by atoms with Crippen molar-refractivity contribution in [2.24, 2.45) is 12.8 Å². The Balaban J connectivity index is 1.90. The molecule has 1 atom stereocenters. The molecule has 1 aromatic carbocycles. The SMILES string of the molecule is Cc1ccc(C)c(CCCC(=O)c2ccc(CCC(N)CO)n2C)c1. The van der Waals surface area contributed by atoms with E-state index < -0.39 is 0 Å². The fourth-order valence-electron chi connectivity index (χ4n) is 3.15. The summed E-state index contributed by atoms with van der Waals surface area (Å²) in [6.45, 7) is 4.22. The van der Waals surface area contributed by atoms with Crippen molar-refractivity contribution < 1.29 is 9.90 Å². The second-order valence-electron chi connectivity index (χ2n) is 6.96. The molecule has 2 rings (SSSR count). The number of nitrogens with two attached hydrogens (primary N) is 1. The Morgan fingerprint density at radius 1 is 1.20 bits per heavy atom. The van der Waals surface area contributed by atoms with Crippen LogP contribution in [0.25, 0.3) is 0 Å². The van der Waals surface area contributed by atoms with Gasteiger partial charge in [-0.05, 0) is 62.8 Å². The fourth-order valence-corrected chi connectivity index (χ4v) is 3.15. The number of rotatable bonds is 9. The Labute approximate surface area is 150 Å². The highest BCUT2D eigenvalue weighted by molar-refractivity contribution is 5.94. The van der Waals surface area contributed by atoms with Gasteiger partial charge in [-0.25, -0.2) is 0 Å². The number of carbonyl (C=O) groups is 1. The summed E-state index contributed by atoms with van der Waals surface area (Å²) in [5.74, 6) is 0.186. The van der Waals surface area contributed by atoms with Crippen LogP contribution in [-0.4, -0.2) is 28.1 Å². The first kappa shape index (κ1) is 19.4. The van der Waals surface area contributed by atoms with Gasteiger partial charge in [0.15, 0.2) is 5.78 Å². The molecule has 0 bridgehead atoms. The lowest BCUT2D eigenvalue weighted by Crippen LogP contribution is -2.25. The third kappa shape index (κ3) is 5.28. The van der Waals surface area contributed by atoms with Crippen LogP contribution in [0.1, 0.15) is 52.1 Å². The molecule has 4 nitrogen and oxygen atoms in total. The largest absolute Gasteiger partial charge is 0.395 e. The summed E-state index contributed by atoms with van der Waals surface area (Å²) in [5, 5.41) is 9.02. The van der Waals surface area contributed by atoms with Gasteiger partial charge in [-0.15, -0.1) is 0 Å². The average Bonchev–Trinajstić information content (AvgIpc) is 2.96. The van der Waals surface area contributed by atoms with Gasteiger partial charge in [0.2, 0.25) is 0 Å². The van der Waals surface area contributed by atoms with E-state index in [2.05, 4.69) is 32.0 Å². The predicted molar refractivity (Wildman–Crippen MR) is 102 cm³/mol. The lowest BCUT2D eigenvalue weighted by atomic mass is 9.99. The van der Waals surface area contributed by atoms with Crippen molar-refractivity contribution in [3.63, 3.8) is 0 Å². The number of aliphatic hydroxyl groups excluding tert-OH is 1. The normalized spacial score (nSPS) is 12.4. The summed E-state index contributed by atoms with van der Waals surface area (Å²) in [5.41, 5.74) is 11.5. The molecule has 25 heavy (non-hydrogen) atoms. The summed E-state index contributed by atoms with van der Waals surface area (Å²) in [6.07, 6.45) is 3.84. The van der Waals surface area contributed by atoms with E-state index in [1.54, 1.807) is 0 Å². The number of carbonyl (C=O) groups excluding carboxylic acids is 1. The van der Waals surface area contributed by atoms with Crippen LogP contribution in [-0.2, 0) is 19.9 Å². The van der Waals surface area contributed by atoms with E-state index in [0.29, 0.717) is 12.8 Å². The van der Waals surface area contributed by atoms with E-state index in [4.69, 9.17) is 10.8 Å². The summed E-state index contributed by atoms with van der Waals surface area (Å²) in [4.78, 5) is 12.5. The zero-order valence-corrected chi connectivity index (χ0v) is 15.6. The highest BCUT2D eigenvalue weighted by atomic mass is 16.3. The molecule has 1 aromatic heterocycles. The lowest BCUT2D eigenvalue weighted by Gasteiger charge is -2.10. The number of aliphatic hydroxyl groups is 1. The zero-order valence-electron chi connectivity index (χ0n) is 15.6. The summed E-state index contributed by atoms with van der Waals surface area (Å²) in [6, 6.07) is 10.2. The second-order valence-corrected chi connectivity index (χ2v) is 6.96. The zero-order chi connectivity index (χ0) is 18.4. The Hall–Kier alpha value is -1.91. The molecule has 0 amide bonds. The number of hydrogen-bond donors (Lipinski definition) is 2. The maximum absolute atomic E-state index is 12.5. The minimum Gasteiger partial charge on any atom is -0.395 e. The van der Waals surface area contributed by atoms with Crippen LogP contribution in [0.5, 0.6) is 0 Å². The van der Waals surface area contributed by atoms with Gasteiger partial charge in [-0.1, -0.05) is 23.8 Å². The van der Waals surface area contributed by atoms with E-state index in [1.165, 1.54) is 16.7 Å². The maximum atomic E-state index is 12.5. The van der Waals surface area contributed by atoms with Gasteiger partial charge in [-0.2, -0.15) is 0 Å². The van der Waals surface area contributed by atoms with Gasteiger partial charge >= 0.3 is 0 Å². The van der Waals surface area contributed by atoms with E-state index in [1.807, 2.05) is 23.7 Å². The van der Waals surface area contributed by atoms with E-state index >= 15 is 0 Å². The van der Waals surface area contributed by atoms with Crippen LogP contribution in [0, 0.1) is 13.8 Å². The monoisotopic (exact) mass is 342 g/mol. The van der Waals surface area contributed by atoms with Crippen LogP contribution in [0.15, 0.2) is 30.3 Å². The van der Waals surface area contributed by atoms with Crippen molar-refractivity contribution in [1.82, 2.24) is 4.57 Å². The van der Waals surface area contributed by atoms with E-state index in [0.717, 1.165) is 30.7 Å². The molecule has 0 fully saturated rings. The van der Waals surface area contributed by atoms with Crippen molar-refractivity contribution in [1.29, 1.82) is 0 Å². The van der Waals surface area contributed by atoms with Crippen LogP contribution in [0.2, 0.25) is 0 Å². The molecule has 1 unspecified atom stereocenters. The lowest BCUT2D eigenvalue weighted by molar-refractivity contribution is 0.0972. The number of aromatic nitrogens is 1. The molecule has 0 aliphatic rings. The van der Waals surface area contributed by atoms with Gasteiger partial charge in [0.1, 0.15) is 0 Å². The average molecular weight is 342 g/mol. The van der Waals surface area contributed by atoms with Gasteiger partial charge < -0.3 is 15.4 Å². The van der Waals surface area contributed by atoms with Gasteiger partial charge in [0.25, 0.3) is 0 Å². The Kier molecular flexibility index (Phi) is 6.97. The van der Waals surface area contributed by atoms with Gasteiger partial charge in [0, 0.05) is 25.2 Å². The molecule has 136 valence electrons. The third-order valence-electron chi connectivity index (χ3n) is 4.87. The fraction of sp³-hybridized carbons (Fsp3) is 0.476. The van der Waals surface area contributed by atoms with Crippen molar-refractivity contribution in [3.8, 4) is 0 Å². The maximum Gasteiger partial charge on any atom is 0.179 e. The highest BCUT2D eigenvalue weighted by Gasteiger charge is 2.13. The number of nitrogens with zero attached hydrogens (tertiary/aromatic N) is 1. The smallest absolute Gasteiger partial charge is 0.179 e. The molecule has 0 aliphatic carbocycles. The summed E-state index contributed by atoms with van der Waals surface area (Å²) >= 11 is 0. The quantitative estimate of drug-likeness (QED) is 0.688. The minimum absolute atomic E-state index is 0.00537. The van der Waals surface area contributed by atoms with Crippen molar-refractivity contribution in [2.75, 3.05) is 6.61 Å². The minimum atomic E-state index is -0.202. The second kappa shape index (κ2) is 8.97. The number of Topliss-reactive ketones (excluding diaryl/α,β-unsaturated/α-hetero) is 1.